The normalized spacial score (nSPS) is 31.9. The molecule has 12 heteroatoms. The van der Waals surface area contributed by atoms with Crippen molar-refractivity contribution in [2.45, 2.75) is 77.5 Å². The monoisotopic (exact) mass is 628 g/mol. The number of halogens is 6. The lowest BCUT2D eigenvalue weighted by atomic mass is 9.61. The van der Waals surface area contributed by atoms with E-state index in [4.69, 9.17) is 18.9 Å². The van der Waals surface area contributed by atoms with Crippen LogP contribution < -0.4 is 0 Å². The highest BCUT2D eigenvalue weighted by Gasteiger charge is 2.85. The van der Waals surface area contributed by atoms with E-state index in [1.54, 1.807) is 20.8 Å². The fourth-order valence-electron chi connectivity index (χ4n) is 7.72. The minimum Gasteiger partial charge on any atom is -0.376 e. The summed E-state index contributed by atoms with van der Waals surface area (Å²) in [6.07, 6.45) is -11.2. The third-order valence-electron chi connectivity index (χ3n) is 9.89. The highest BCUT2D eigenvalue weighted by molar-refractivity contribution is 6.03. The Bertz CT molecular complexity index is 1380. The Balaban J connectivity index is 1.52. The Labute approximate surface area is 251 Å². The Kier molecular flexibility index (Phi) is 8.31. The lowest BCUT2D eigenvalue weighted by Gasteiger charge is -2.48. The molecule has 2 aromatic carbocycles. The Morgan fingerprint density at radius 2 is 1.45 bits per heavy atom. The molecule has 3 aliphatic rings. The van der Waals surface area contributed by atoms with Crippen LogP contribution in [-0.2, 0) is 54.1 Å². The van der Waals surface area contributed by atoms with Gasteiger partial charge in [-0.1, -0.05) is 43.3 Å². The van der Waals surface area contributed by atoms with Gasteiger partial charge in [-0.2, -0.15) is 26.3 Å². The summed E-state index contributed by atoms with van der Waals surface area (Å²) in [4.78, 5) is 27.5. The van der Waals surface area contributed by atoms with Crippen LogP contribution in [-0.4, -0.2) is 43.3 Å². The number of hydrogen-bond acceptors (Lipinski definition) is 6. The number of rotatable bonds is 10. The minimum atomic E-state index is -5.07. The van der Waals surface area contributed by atoms with E-state index in [9.17, 15) is 35.9 Å². The maximum Gasteiger partial charge on any atom is 0.416 e. The molecule has 2 aliphatic carbocycles. The molecule has 1 saturated heterocycles. The summed E-state index contributed by atoms with van der Waals surface area (Å²) in [5, 5.41) is 0. The first kappa shape index (κ1) is 32.6. The summed E-state index contributed by atoms with van der Waals surface area (Å²) in [5.74, 6) is -0.544. The average Bonchev–Trinajstić information content (AvgIpc) is 3.43. The van der Waals surface area contributed by atoms with Crippen molar-refractivity contribution in [2.24, 2.45) is 16.2 Å². The van der Waals surface area contributed by atoms with Gasteiger partial charge >= 0.3 is 12.4 Å². The molecular formula is C32H34F6O6. The zero-order chi connectivity index (χ0) is 32.2. The summed E-state index contributed by atoms with van der Waals surface area (Å²) in [5.41, 5.74) is -8.72. The van der Waals surface area contributed by atoms with Gasteiger partial charge in [0.15, 0.2) is 12.1 Å². The number of alkyl halides is 6. The second kappa shape index (κ2) is 11.2. The highest BCUT2D eigenvalue weighted by Crippen LogP contribution is 2.75. The molecule has 0 radical (unpaired) electrons. The van der Waals surface area contributed by atoms with Gasteiger partial charge in [-0.15, -0.1) is 0 Å². The molecule has 44 heavy (non-hydrogen) atoms. The number of hydrogen-bond donors (Lipinski definition) is 0. The highest BCUT2D eigenvalue weighted by atomic mass is 19.4. The summed E-state index contributed by atoms with van der Waals surface area (Å²) in [6, 6.07) is 11.0. The topological polar surface area (TPSA) is 71.1 Å². The fourth-order valence-corrected chi connectivity index (χ4v) is 7.72. The molecule has 0 spiro atoms. The number of ketones is 2. The van der Waals surface area contributed by atoms with Gasteiger partial charge in [0, 0.05) is 36.8 Å². The van der Waals surface area contributed by atoms with E-state index in [0.717, 1.165) is 5.56 Å². The van der Waals surface area contributed by atoms with E-state index < -0.39 is 70.4 Å². The maximum atomic E-state index is 14.5. The molecule has 3 fully saturated rings. The molecule has 5 atom stereocenters. The van der Waals surface area contributed by atoms with E-state index in [0.29, 0.717) is 18.2 Å². The molecule has 0 bridgehead atoms. The number of ether oxygens (including phenoxy) is 4. The van der Waals surface area contributed by atoms with Crippen LogP contribution in [0.5, 0.6) is 0 Å². The predicted molar refractivity (Wildman–Crippen MR) is 144 cm³/mol. The van der Waals surface area contributed by atoms with Crippen molar-refractivity contribution in [3.8, 4) is 0 Å². The zero-order valence-corrected chi connectivity index (χ0v) is 24.6. The molecule has 2 saturated carbocycles. The third-order valence-corrected chi connectivity index (χ3v) is 9.89. The van der Waals surface area contributed by atoms with Crippen molar-refractivity contribution in [2.75, 3.05) is 19.8 Å². The summed E-state index contributed by atoms with van der Waals surface area (Å²) >= 11 is 0. The van der Waals surface area contributed by atoms with Crippen LogP contribution in [0, 0.1) is 16.2 Å². The van der Waals surface area contributed by atoms with Crippen molar-refractivity contribution >= 4 is 11.6 Å². The second-order valence-corrected chi connectivity index (χ2v) is 12.3. The van der Waals surface area contributed by atoms with Gasteiger partial charge in [0.1, 0.15) is 5.78 Å². The Morgan fingerprint density at radius 1 is 0.841 bits per heavy atom. The zero-order valence-electron chi connectivity index (χ0n) is 24.6. The quantitative estimate of drug-likeness (QED) is 0.266. The summed E-state index contributed by atoms with van der Waals surface area (Å²) in [6.45, 7) is 3.77. The van der Waals surface area contributed by atoms with Gasteiger partial charge < -0.3 is 18.9 Å². The van der Waals surface area contributed by atoms with Crippen molar-refractivity contribution in [1.29, 1.82) is 0 Å². The first-order valence-electron chi connectivity index (χ1n) is 14.4. The standard InChI is InChI=1S/C32H34F6O6/c1-4-43-25-15-29-13-21(39)14-30(29,44-25)28(3,27(2,26(29)40)18-41-16-20-9-6-5-7-10-20)19-42-17-22-23(31(33,34)35)11-8-12-24(22)32(36,37)38/h5-12,25H,4,13-19H2,1-3H3/t25-,27-,28-,29-,30+/m1/s1. The van der Waals surface area contributed by atoms with E-state index >= 15 is 0 Å². The predicted octanol–water partition coefficient (Wildman–Crippen LogP) is 6.92. The van der Waals surface area contributed by atoms with Gasteiger partial charge in [0.2, 0.25) is 0 Å². The van der Waals surface area contributed by atoms with Crippen molar-refractivity contribution < 1.29 is 54.9 Å². The first-order valence-corrected chi connectivity index (χ1v) is 14.4. The van der Waals surface area contributed by atoms with Gasteiger partial charge in [0.25, 0.3) is 0 Å². The van der Waals surface area contributed by atoms with Crippen LogP contribution in [0.2, 0.25) is 0 Å². The lowest BCUT2D eigenvalue weighted by Crippen LogP contribution is -2.56. The van der Waals surface area contributed by atoms with Crippen LogP contribution >= 0.6 is 0 Å². The summed E-state index contributed by atoms with van der Waals surface area (Å²) < 4.78 is 107. The molecule has 6 nitrogen and oxygen atoms in total. The Morgan fingerprint density at radius 3 is 2.05 bits per heavy atom. The molecule has 0 aromatic heterocycles. The molecule has 5 rings (SSSR count). The van der Waals surface area contributed by atoms with Gasteiger partial charge in [-0.3, -0.25) is 9.59 Å². The van der Waals surface area contributed by atoms with Crippen molar-refractivity contribution in [1.82, 2.24) is 0 Å². The Hall–Kier alpha value is -2.80. The van der Waals surface area contributed by atoms with Gasteiger partial charge in [-0.25, -0.2) is 0 Å². The molecule has 1 aliphatic heterocycles. The number of Topliss-reactive ketones (excluding diaryl/α,β-unsaturated/α-hetero) is 2. The molecule has 2 aromatic rings. The SMILES string of the molecule is CCO[C@H]1C[C@@]23CC(=O)C[C@]2(O1)[C@](C)(COCc1c(C(F)(F)F)cccc1C(F)(F)F)[C@](C)(COCc1ccccc1)C3=O. The minimum absolute atomic E-state index is 0.0877. The van der Waals surface area contributed by atoms with E-state index in [1.165, 1.54) is 0 Å². The maximum absolute atomic E-state index is 14.5. The lowest BCUT2D eigenvalue weighted by molar-refractivity contribution is -0.232. The van der Waals surface area contributed by atoms with Crippen LogP contribution in [0.25, 0.3) is 0 Å². The summed E-state index contributed by atoms with van der Waals surface area (Å²) in [7, 11) is 0. The first-order chi connectivity index (χ1) is 20.5. The average molecular weight is 629 g/mol. The molecule has 0 N–H and O–H groups in total. The molecule has 0 unspecified atom stereocenters. The fraction of sp³-hybridized carbons (Fsp3) is 0.562. The van der Waals surface area contributed by atoms with Crippen LogP contribution in [0.3, 0.4) is 0 Å². The number of carbonyl (C=O) groups is 2. The molecule has 1 heterocycles. The molecular weight excluding hydrogens is 594 g/mol. The van der Waals surface area contributed by atoms with Crippen LogP contribution in [0.4, 0.5) is 26.3 Å². The van der Waals surface area contributed by atoms with E-state index in [-0.39, 0.29) is 50.6 Å². The van der Waals surface area contributed by atoms with Crippen molar-refractivity contribution in [3.63, 3.8) is 0 Å². The smallest absolute Gasteiger partial charge is 0.376 e. The number of carbonyl (C=O) groups excluding carboxylic acids is 2. The van der Waals surface area contributed by atoms with Gasteiger partial charge in [0.05, 0.1) is 54.0 Å². The molecule has 0 amide bonds. The number of benzene rings is 2. The van der Waals surface area contributed by atoms with Crippen LogP contribution in [0.15, 0.2) is 48.5 Å². The van der Waals surface area contributed by atoms with E-state index in [2.05, 4.69) is 0 Å². The van der Waals surface area contributed by atoms with Crippen LogP contribution in [0.1, 0.15) is 62.3 Å². The third kappa shape index (κ3) is 4.98. The molecule has 240 valence electrons. The van der Waals surface area contributed by atoms with Crippen molar-refractivity contribution in [3.05, 3.63) is 70.8 Å². The second-order valence-electron chi connectivity index (χ2n) is 12.3. The van der Waals surface area contributed by atoms with E-state index in [1.807, 2.05) is 30.3 Å². The largest absolute Gasteiger partial charge is 0.416 e. The van der Waals surface area contributed by atoms with Gasteiger partial charge in [-0.05, 0) is 31.5 Å².